The van der Waals surface area contributed by atoms with Gasteiger partial charge < -0.3 is 11.1 Å². The average Bonchev–Trinajstić information content (AvgIpc) is 2.55. The molecule has 0 heterocycles. The minimum atomic E-state index is -4.56. The van der Waals surface area contributed by atoms with Crippen LogP contribution < -0.4 is 11.1 Å². The molecule has 4 nitrogen and oxygen atoms in total. The van der Waals surface area contributed by atoms with Gasteiger partial charge in [0.15, 0.2) is 0 Å². The van der Waals surface area contributed by atoms with Crippen LogP contribution >= 0.6 is 15.9 Å². The monoisotopic (exact) mass is 414 g/mol. The third-order valence-electron chi connectivity index (χ3n) is 3.48. The summed E-state index contributed by atoms with van der Waals surface area (Å²) >= 11 is 3.33. The number of halogens is 4. The number of carbonyl (C=O) groups excluding carboxylic acids is 2. The zero-order chi connectivity index (χ0) is 18.6. The quantitative estimate of drug-likeness (QED) is 0.787. The highest BCUT2D eigenvalue weighted by Gasteiger charge is 2.31. The number of alkyl halides is 3. The smallest absolute Gasteiger partial charge is 0.368 e. The van der Waals surface area contributed by atoms with Gasteiger partial charge in [-0.25, -0.2) is 0 Å². The molecule has 0 saturated heterocycles. The Morgan fingerprint density at radius 2 is 1.80 bits per heavy atom. The predicted molar refractivity (Wildman–Crippen MR) is 89.7 cm³/mol. The maximum Gasteiger partial charge on any atom is 0.416 e. The van der Waals surface area contributed by atoms with Crippen LogP contribution in [-0.4, -0.2) is 17.9 Å². The first-order chi connectivity index (χ1) is 11.7. The number of hydrogen-bond acceptors (Lipinski definition) is 2. The lowest BCUT2D eigenvalue weighted by Gasteiger charge is -2.17. The van der Waals surface area contributed by atoms with Gasteiger partial charge >= 0.3 is 6.18 Å². The Morgan fingerprint density at radius 1 is 1.12 bits per heavy atom. The second-order valence-electron chi connectivity index (χ2n) is 5.30. The number of benzene rings is 2. The van der Waals surface area contributed by atoms with Crippen molar-refractivity contribution in [1.29, 1.82) is 0 Å². The molecular formula is C17H14BrF3N2O2. The van der Waals surface area contributed by atoms with Crippen molar-refractivity contribution in [3.8, 4) is 0 Å². The van der Waals surface area contributed by atoms with E-state index in [0.29, 0.717) is 0 Å². The standard InChI is InChI=1S/C17H14BrF3N2O2/c18-13-7-2-1-4-10(13)9-14(15(22)24)23-16(25)11-5-3-6-12(8-11)17(19,20)21/h1-8,14H,9H2,(H2,22,24)(H,23,25)/t14-/m1/s1. The number of amides is 2. The van der Waals surface area contributed by atoms with Crippen LogP contribution in [0.3, 0.4) is 0 Å². The molecule has 0 aliphatic heterocycles. The molecule has 0 radical (unpaired) electrons. The van der Waals surface area contributed by atoms with E-state index < -0.39 is 29.6 Å². The molecule has 0 unspecified atom stereocenters. The molecule has 0 aromatic heterocycles. The Balaban J connectivity index is 2.18. The van der Waals surface area contributed by atoms with Crippen molar-refractivity contribution in [2.24, 2.45) is 5.73 Å². The molecule has 0 saturated carbocycles. The molecule has 0 aliphatic carbocycles. The van der Waals surface area contributed by atoms with Crippen molar-refractivity contribution >= 4 is 27.7 Å². The van der Waals surface area contributed by atoms with Gasteiger partial charge in [-0.05, 0) is 29.8 Å². The molecule has 1 atom stereocenters. The van der Waals surface area contributed by atoms with Crippen LogP contribution in [0.1, 0.15) is 21.5 Å². The molecule has 2 rings (SSSR count). The van der Waals surface area contributed by atoms with Crippen molar-refractivity contribution < 1.29 is 22.8 Å². The van der Waals surface area contributed by atoms with E-state index in [1.807, 2.05) is 0 Å². The van der Waals surface area contributed by atoms with Gasteiger partial charge in [0.2, 0.25) is 5.91 Å². The summed E-state index contributed by atoms with van der Waals surface area (Å²) < 4.78 is 39.0. The van der Waals surface area contributed by atoms with Crippen LogP contribution in [0.2, 0.25) is 0 Å². The molecule has 0 bridgehead atoms. The fourth-order valence-corrected chi connectivity index (χ4v) is 2.63. The predicted octanol–water partition coefficient (Wildman–Crippen LogP) is 3.29. The Morgan fingerprint density at radius 3 is 2.40 bits per heavy atom. The van der Waals surface area contributed by atoms with Gasteiger partial charge in [0.25, 0.3) is 5.91 Å². The van der Waals surface area contributed by atoms with Gasteiger partial charge in [-0.15, -0.1) is 0 Å². The Hall–Kier alpha value is -2.35. The lowest BCUT2D eigenvalue weighted by molar-refractivity contribution is -0.137. The van der Waals surface area contributed by atoms with E-state index in [1.54, 1.807) is 24.3 Å². The van der Waals surface area contributed by atoms with Crippen LogP contribution in [0.5, 0.6) is 0 Å². The number of primary amides is 1. The van der Waals surface area contributed by atoms with Crippen molar-refractivity contribution in [3.05, 3.63) is 69.7 Å². The van der Waals surface area contributed by atoms with Gasteiger partial charge in [0.05, 0.1) is 5.56 Å². The van der Waals surface area contributed by atoms with E-state index in [0.717, 1.165) is 28.2 Å². The summed E-state index contributed by atoms with van der Waals surface area (Å²) in [7, 11) is 0. The number of nitrogens with two attached hydrogens (primary N) is 1. The molecule has 0 fully saturated rings. The summed E-state index contributed by atoms with van der Waals surface area (Å²) in [4.78, 5) is 23.8. The summed E-state index contributed by atoms with van der Waals surface area (Å²) in [5.74, 6) is -1.59. The van der Waals surface area contributed by atoms with E-state index >= 15 is 0 Å². The van der Waals surface area contributed by atoms with Crippen molar-refractivity contribution in [3.63, 3.8) is 0 Å². The summed E-state index contributed by atoms with van der Waals surface area (Å²) in [6.45, 7) is 0. The lowest BCUT2D eigenvalue weighted by Crippen LogP contribution is -2.46. The van der Waals surface area contributed by atoms with Crippen molar-refractivity contribution in [2.75, 3.05) is 0 Å². The first-order valence-corrected chi connectivity index (χ1v) is 7.98. The fourth-order valence-electron chi connectivity index (χ4n) is 2.18. The third-order valence-corrected chi connectivity index (χ3v) is 4.26. The number of carbonyl (C=O) groups is 2. The Kier molecular flexibility index (Phi) is 5.84. The van der Waals surface area contributed by atoms with Gasteiger partial charge in [0.1, 0.15) is 6.04 Å². The second kappa shape index (κ2) is 7.69. The first-order valence-electron chi connectivity index (χ1n) is 7.19. The fraction of sp³-hybridized carbons (Fsp3) is 0.176. The minimum absolute atomic E-state index is 0.113. The summed E-state index contributed by atoms with van der Waals surface area (Å²) in [5.41, 5.74) is 4.90. The lowest BCUT2D eigenvalue weighted by atomic mass is 10.0. The maximum atomic E-state index is 12.7. The number of hydrogen-bond donors (Lipinski definition) is 2. The van der Waals surface area contributed by atoms with E-state index in [-0.39, 0.29) is 12.0 Å². The van der Waals surface area contributed by atoms with Gasteiger partial charge in [-0.3, -0.25) is 9.59 Å². The van der Waals surface area contributed by atoms with Crippen LogP contribution in [-0.2, 0) is 17.4 Å². The highest BCUT2D eigenvalue weighted by molar-refractivity contribution is 9.10. The summed E-state index contributed by atoms with van der Waals surface area (Å²) in [6, 6.07) is 9.96. The molecule has 8 heteroatoms. The zero-order valence-electron chi connectivity index (χ0n) is 12.8. The zero-order valence-corrected chi connectivity index (χ0v) is 14.4. The van der Waals surface area contributed by atoms with E-state index in [2.05, 4.69) is 21.2 Å². The van der Waals surface area contributed by atoms with E-state index in [4.69, 9.17) is 5.73 Å². The summed E-state index contributed by atoms with van der Waals surface area (Å²) in [5, 5.41) is 2.39. The molecule has 25 heavy (non-hydrogen) atoms. The largest absolute Gasteiger partial charge is 0.416 e. The molecule has 132 valence electrons. The topological polar surface area (TPSA) is 72.2 Å². The molecule has 2 aromatic carbocycles. The van der Waals surface area contributed by atoms with Crippen molar-refractivity contribution in [2.45, 2.75) is 18.6 Å². The second-order valence-corrected chi connectivity index (χ2v) is 6.16. The van der Waals surface area contributed by atoms with Crippen LogP contribution in [0.4, 0.5) is 13.2 Å². The van der Waals surface area contributed by atoms with E-state index in [1.165, 1.54) is 6.07 Å². The van der Waals surface area contributed by atoms with Crippen LogP contribution in [0.15, 0.2) is 53.0 Å². The highest BCUT2D eigenvalue weighted by Crippen LogP contribution is 2.29. The molecule has 0 aliphatic rings. The Labute approximate surface area is 150 Å². The Bertz CT molecular complexity index is 793. The SMILES string of the molecule is NC(=O)[C@@H](Cc1ccccc1Br)NC(=O)c1cccc(C(F)(F)F)c1. The van der Waals surface area contributed by atoms with Crippen molar-refractivity contribution in [1.82, 2.24) is 5.32 Å². The first kappa shape index (κ1) is 19.0. The summed E-state index contributed by atoms with van der Waals surface area (Å²) in [6.07, 6.45) is -4.45. The maximum absolute atomic E-state index is 12.7. The number of rotatable bonds is 5. The van der Waals surface area contributed by atoms with Crippen LogP contribution in [0.25, 0.3) is 0 Å². The highest BCUT2D eigenvalue weighted by atomic mass is 79.9. The van der Waals surface area contributed by atoms with E-state index in [9.17, 15) is 22.8 Å². The molecular weight excluding hydrogens is 401 g/mol. The van der Waals surface area contributed by atoms with Gasteiger partial charge in [0, 0.05) is 16.5 Å². The van der Waals surface area contributed by atoms with Gasteiger partial charge in [-0.1, -0.05) is 40.2 Å². The third kappa shape index (κ3) is 5.06. The average molecular weight is 415 g/mol. The molecule has 0 spiro atoms. The normalized spacial score (nSPS) is 12.5. The number of nitrogens with one attached hydrogen (secondary N) is 1. The van der Waals surface area contributed by atoms with Crippen LogP contribution in [0, 0.1) is 0 Å². The molecule has 2 amide bonds. The van der Waals surface area contributed by atoms with Gasteiger partial charge in [-0.2, -0.15) is 13.2 Å². The molecule has 2 aromatic rings. The molecule has 3 N–H and O–H groups in total. The minimum Gasteiger partial charge on any atom is -0.368 e.